The summed E-state index contributed by atoms with van der Waals surface area (Å²) in [7, 11) is 0. The second-order valence-electron chi connectivity index (χ2n) is 12.9. The summed E-state index contributed by atoms with van der Waals surface area (Å²) in [5.41, 5.74) is 16.3. The van der Waals surface area contributed by atoms with Gasteiger partial charge in [-0.1, -0.05) is 135 Å². The molecule has 0 bridgehead atoms. The molecule has 0 saturated carbocycles. The van der Waals surface area contributed by atoms with Crippen molar-refractivity contribution in [2.45, 2.75) is 13.8 Å². The van der Waals surface area contributed by atoms with Gasteiger partial charge in [-0.15, -0.1) is 0 Å². The Kier molecular flexibility index (Phi) is 7.98. The van der Waals surface area contributed by atoms with Crippen LogP contribution in [0, 0.1) is 13.8 Å². The molecule has 0 N–H and O–H groups in total. The summed E-state index contributed by atoms with van der Waals surface area (Å²) < 4.78 is 4.73. The van der Waals surface area contributed by atoms with Crippen LogP contribution in [-0.2, 0) is 0 Å². The van der Waals surface area contributed by atoms with Crippen molar-refractivity contribution in [3.05, 3.63) is 200 Å². The van der Waals surface area contributed by atoms with Crippen LogP contribution in [0.15, 0.2) is 183 Å². The predicted octanol–water partition coefficient (Wildman–Crippen LogP) is 12.9. The summed E-state index contributed by atoms with van der Waals surface area (Å²) in [4.78, 5) is 0. The molecule has 2 nitrogen and oxygen atoms in total. The van der Waals surface area contributed by atoms with Crippen LogP contribution in [0.5, 0.6) is 0 Å². The van der Waals surface area contributed by atoms with E-state index in [1.807, 2.05) is 12.2 Å². The van der Waals surface area contributed by atoms with Crippen molar-refractivity contribution in [3.8, 4) is 44.9 Å². The molecule has 0 amide bonds. The minimum absolute atomic E-state index is 0.924. The lowest BCUT2D eigenvalue weighted by Crippen LogP contribution is -1.99. The van der Waals surface area contributed by atoms with E-state index in [0.29, 0.717) is 0 Å². The first-order chi connectivity index (χ1) is 24.5. The molecule has 0 atom stereocenters. The largest absolute Gasteiger partial charge is 0.309 e. The molecule has 6 aromatic carbocycles. The number of hydrogen-bond acceptors (Lipinski definition) is 0. The summed E-state index contributed by atoms with van der Waals surface area (Å²) in [6, 6.07) is 54.9. The molecule has 0 aliphatic heterocycles. The van der Waals surface area contributed by atoms with Crippen LogP contribution < -0.4 is 0 Å². The molecule has 2 heteroatoms. The molecular formula is C48H38N2. The molecule has 0 fully saturated rings. The van der Waals surface area contributed by atoms with Gasteiger partial charge >= 0.3 is 0 Å². The minimum atomic E-state index is 0.924. The fourth-order valence-corrected chi connectivity index (χ4v) is 7.17. The number of benzene rings is 6. The molecule has 240 valence electrons. The van der Waals surface area contributed by atoms with Crippen LogP contribution in [0.4, 0.5) is 0 Å². The number of aryl methyl sites for hydroxylation is 2. The van der Waals surface area contributed by atoms with E-state index in [-0.39, 0.29) is 0 Å². The molecule has 2 heterocycles. The van der Waals surface area contributed by atoms with Crippen molar-refractivity contribution < 1.29 is 0 Å². The quantitative estimate of drug-likeness (QED) is 0.146. The van der Waals surface area contributed by atoms with Crippen molar-refractivity contribution >= 4 is 27.4 Å². The average Bonchev–Trinajstić information content (AvgIpc) is 3.72. The van der Waals surface area contributed by atoms with Crippen LogP contribution >= 0.6 is 0 Å². The van der Waals surface area contributed by atoms with E-state index in [2.05, 4.69) is 188 Å². The molecular weight excluding hydrogens is 605 g/mol. The number of rotatable bonds is 8. The van der Waals surface area contributed by atoms with E-state index in [1.165, 1.54) is 44.3 Å². The molecule has 2 aromatic heterocycles. The van der Waals surface area contributed by atoms with Crippen molar-refractivity contribution in [2.75, 3.05) is 0 Å². The van der Waals surface area contributed by atoms with E-state index < -0.39 is 0 Å². The lowest BCUT2D eigenvalue weighted by Gasteiger charge is -2.14. The Morgan fingerprint density at radius 2 is 1.02 bits per heavy atom. The molecule has 0 aliphatic rings. The molecule has 0 saturated heterocycles. The lowest BCUT2D eigenvalue weighted by atomic mass is 10.0. The monoisotopic (exact) mass is 642 g/mol. The van der Waals surface area contributed by atoms with Gasteiger partial charge in [0.05, 0.1) is 22.4 Å². The van der Waals surface area contributed by atoms with Gasteiger partial charge in [-0.3, -0.25) is 0 Å². The molecule has 50 heavy (non-hydrogen) atoms. The summed E-state index contributed by atoms with van der Waals surface area (Å²) >= 11 is 0. The fourth-order valence-electron chi connectivity index (χ4n) is 7.17. The summed E-state index contributed by atoms with van der Waals surface area (Å²) in [6.07, 6.45) is 5.77. The first kappa shape index (κ1) is 30.9. The molecule has 8 rings (SSSR count). The first-order valence-corrected chi connectivity index (χ1v) is 17.1. The molecule has 0 spiro atoms. The lowest BCUT2D eigenvalue weighted by molar-refractivity contribution is 1.10. The van der Waals surface area contributed by atoms with Crippen LogP contribution in [0.25, 0.3) is 72.3 Å². The van der Waals surface area contributed by atoms with Gasteiger partial charge in [0.25, 0.3) is 0 Å². The maximum atomic E-state index is 4.48. The maximum Gasteiger partial charge on any atom is 0.0542 e. The summed E-state index contributed by atoms with van der Waals surface area (Å²) in [6.45, 7) is 12.7. The van der Waals surface area contributed by atoms with Gasteiger partial charge in [-0.05, 0) is 107 Å². The molecule has 0 aliphatic carbocycles. The van der Waals surface area contributed by atoms with E-state index in [0.717, 1.165) is 44.8 Å². The number of aromatic nitrogens is 2. The molecule has 0 radical (unpaired) electrons. The van der Waals surface area contributed by atoms with Crippen LogP contribution in [0.1, 0.15) is 16.8 Å². The Labute approximate surface area is 294 Å². The first-order valence-electron chi connectivity index (χ1n) is 17.1. The Bertz CT molecular complexity index is 2560. The van der Waals surface area contributed by atoms with Crippen molar-refractivity contribution in [1.82, 2.24) is 9.13 Å². The van der Waals surface area contributed by atoms with Gasteiger partial charge in [-0.2, -0.15) is 0 Å². The van der Waals surface area contributed by atoms with E-state index >= 15 is 0 Å². The second kappa shape index (κ2) is 12.9. The van der Waals surface area contributed by atoms with Gasteiger partial charge in [0.1, 0.15) is 0 Å². The number of fused-ring (bicyclic) bond motifs is 2. The SMILES string of the molecule is C=CC=CC(=C)c1cc2cc3c(cc(-c4ccccc4)n3-c3ccc(-c4ccccc4C)cc3)cc2n1-c1ccc(-c2ccccc2C)cc1. The van der Waals surface area contributed by atoms with Crippen LogP contribution in [-0.4, -0.2) is 9.13 Å². The zero-order valence-corrected chi connectivity index (χ0v) is 28.5. The maximum absolute atomic E-state index is 4.48. The molecule has 8 aromatic rings. The Morgan fingerprint density at radius 1 is 0.520 bits per heavy atom. The highest BCUT2D eigenvalue weighted by Gasteiger charge is 2.18. The normalized spacial score (nSPS) is 11.5. The van der Waals surface area contributed by atoms with E-state index in [4.69, 9.17) is 0 Å². The third kappa shape index (κ3) is 5.51. The number of nitrogens with zero attached hydrogens (tertiary/aromatic N) is 2. The van der Waals surface area contributed by atoms with Gasteiger partial charge in [0.2, 0.25) is 0 Å². The number of allylic oxidation sites excluding steroid dienone is 4. The standard InChI is InChI=1S/C48H38N2/c1-5-6-14-35(4)45-29-39-31-48-40(32-47(39)49(45)41-25-21-36(22-26-41)43-19-12-10-15-33(43)2)30-46(38-17-8-7-9-18-38)50(48)42-27-23-37(24-28-42)44-20-13-11-16-34(44)3/h5-32H,1,4H2,2-3H3. The average molecular weight is 643 g/mol. The topological polar surface area (TPSA) is 9.86 Å². The highest BCUT2D eigenvalue weighted by atomic mass is 15.0. The van der Waals surface area contributed by atoms with E-state index in [9.17, 15) is 0 Å². The Morgan fingerprint density at radius 3 is 1.58 bits per heavy atom. The third-order valence-corrected chi connectivity index (χ3v) is 9.72. The van der Waals surface area contributed by atoms with Gasteiger partial charge in [0, 0.05) is 22.1 Å². The fraction of sp³-hybridized carbons (Fsp3) is 0.0417. The van der Waals surface area contributed by atoms with Crippen LogP contribution in [0.3, 0.4) is 0 Å². The highest BCUT2D eigenvalue weighted by Crippen LogP contribution is 2.38. The Balaban J connectivity index is 1.32. The highest BCUT2D eigenvalue weighted by molar-refractivity contribution is 6.02. The number of hydrogen-bond donors (Lipinski definition) is 0. The van der Waals surface area contributed by atoms with Crippen molar-refractivity contribution in [1.29, 1.82) is 0 Å². The Hall–Kier alpha value is -6.38. The second-order valence-corrected chi connectivity index (χ2v) is 12.9. The van der Waals surface area contributed by atoms with Crippen molar-refractivity contribution in [2.24, 2.45) is 0 Å². The van der Waals surface area contributed by atoms with Gasteiger partial charge in [0.15, 0.2) is 0 Å². The zero-order valence-electron chi connectivity index (χ0n) is 28.5. The zero-order chi connectivity index (χ0) is 34.2. The predicted molar refractivity (Wildman–Crippen MR) is 214 cm³/mol. The smallest absolute Gasteiger partial charge is 0.0542 e. The third-order valence-electron chi connectivity index (χ3n) is 9.72. The van der Waals surface area contributed by atoms with Crippen LogP contribution in [0.2, 0.25) is 0 Å². The molecule has 0 unspecified atom stereocenters. The van der Waals surface area contributed by atoms with Crippen molar-refractivity contribution in [3.63, 3.8) is 0 Å². The summed E-state index contributed by atoms with van der Waals surface area (Å²) in [5, 5.41) is 2.33. The van der Waals surface area contributed by atoms with Gasteiger partial charge < -0.3 is 9.13 Å². The minimum Gasteiger partial charge on any atom is -0.309 e. The summed E-state index contributed by atoms with van der Waals surface area (Å²) in [5.74, 6) is 0. The van der Waals surface area contributed by atoms with Gasteiger partial charge in [-0.25, -0.2) is 0 Å². The van der Waals surface area contributed by atoms with E-state index in [1.54, 1.807) is 6.08 Å².